The van der Waals surface area contributed by atoms with Gasteiger partial charge in [0, 0.05) is 57.0 Å². The van der Waals surface area contributed by atoms with Gasteiger partial charge in [0.05, 0.1) is 0 Å². The molecule has 0 N–H and O–H groups in total. The summed E-state index contributed by atoms with van der Waals surface area (Å²) in [5, 5.41) is 0. The maximum atomic E-state index is 12.5. The Morgan fingerprint density at radius 2 is 1.89 bits per heavy atom. The molecule has 0 radical (unpaired) electrons. The van der Waals surface area contributed by atoms with Gasteiger partial charge in [-0.05, 0) is 76.4 Å². The number of likely N-dealkylation sites (N-methyl/N-ethyl adjacent to an activating group) is 1. The van der Waals surface area contributed by atoms with Gasteiger partial charge < -0.3 is 14.7 Å². The van der Waals surface area contributed by atoms with E-state index in [2.05, 4.69) is 52.6 Å². The number of pyridine rings is 1. The van der Waals surface area contributed by atoms with Crippen molar-refractivity contribution in [2.45, 2.75) is 58.9 Å². The molecule has 2 fully saturated rings. The average molecular weight is 387 g/mol. The van der Waals surface area contributed by atoms with Crippen molar-refractivity contribution in [3.05, 3.63) is 29.6 Å². The SMILES string of the molecule is CCN1CCN(C(=O)CCC2CCN([C@H](C)Cc3cc(C)ccn3)CC2)CC1. The summed E-state index contributed by atoms with van der Waals surface area (Å²) >= 11 is 0. The van der Waals surface area contributed by atoms with Crippen LogP contribution in [0.1, 0.15) is 50.8 Å². The van der Waals surface area contributed by atoms with Crippen LogP contribution in [0, 0.1) is 12.8 Å². The number of piperazine rings is 1. The van der Waals surface area contributed by atoms with Crippen molar-refractivity contribution in [1.82, 2.24) is 19.7 Å². The van der Waals surface area contributed by atoms with E-state index in [0.717, 1.165) is 65.1 Å². The van der Waals surface area contributed by atoms with Crippen LogP contribution in [0.3, 0.4) is 0 Å². The van der Waals surface area contributed by atoms with Crippen molar-refractivity contribution < 1.29 is 4.79 Å². The molecule has 0 unspecified atom stereocenters. The van der Waals surface area contributed by atoms with Crippen LogP contribution in [0.5, 0.6) is 0 Å². The van der Waals surface area contributed by atoms with Gasteiger partial charge in [-0.3, -0.25) is 9.78 Å². The van der Waals surface area contributed by atoms with Crippen LogP contribution in [0.15, 0.2) is 18.3 Å². The van der Waals surface area contributed by atoms with Gasteiger partial charge in [-0.15, -0.1) is 0 Å². The molecular formula is C23H38N4O. The highest BCUT2D eigenvalue weighted by Gasteiger charge is 2.25. The summed E-state index contributed by atoms with van der Waals surface area (Å²) in [6.45, 7) is 14.0. The molecule has 0 aliphatic carbocycles. The van der Waals surface area contributed by atoms with Crippen LogP contribution in [-0.2, 0) is 11.2 Å². The Labute approximate surface area is 171 Å². The zero-order valence-corrected chi connectivity index (χ0v) is 18.1. The van der Waals surface area contributed by atoms with Gasteiger partial charge in [-0.2, -0.15) is 0 Å². The van der Waals surface area contributed by atoms with E-state index in [1.165, 1.54) is 24.1 Å². The van der Waals surface area contributed by atoms with E-state index in [0.29, 0.717) is 17.9 Å². The summed E-state index contributed by atoms with van der Waals surface area (Å²) in [5.41, 5.74) is 2.49. The molecule has 3 rings (SSSR count). The first-order valence-electron chi connectivity index (χ1n) is 11.2. The number of likely N-dealkylation sites (tertiary alicyclic amines) is 1. The molecular weight excluding hydrogens is 348 g/mol. The highest BCUT2D eigenvalue weighted by atomic mass is 16.2. The van der Waals surface area contributed by atoms with Crippen molar-refractivity contribution in [2.24, 2.45) is 5.92 Å². The van der Waals surface area contributed by atoms with Crippen LogP contribution in [0.4, 0.5) is 0 Å². The fourth-order valence-corrected chi connectivity index (χ4v) is 4.62. The predicted octanol–water partition coefficient (Wildman–Crippen LogP) is 2.98. The normalized spacial score (nSPS) is 21.0. The summed E-state index contributed by atoms with van der Waals surface area (Å²) in [6, 6.07) is 4.80. The lowest BCUT2D eigenvalue weighted by molar-refractivity contribution is -0.133. The van der Waals surface area contributed by atoms with Gasteiger partial charge in [0.25, 0.3) is 0 Å². The second-order valence-electron chi connectivity index (χ2n) is 8.71. The molecule has 2 saturated heterocycles. The maximum absolute atomic E-state index is 12.5. The number of hydrogen-bond acceptors (Lipinski definition) is 4. The number of aromatic nitrogens is 1. The molecule has 0 saturated carbocycles. The van der Waals surface area contributed by atoms with Gasteiger partial charge in [-0.25, -0.2) is 0 Å². The third-order valence-corrected chi connectivity index (χ3v) is 6.69. The fourth-order valence-electron chi connectivity index (χ4n) is 4.62. The van der Waals surface area contributed by atoms with E-state index in [1.54, 1.807) is 0 Å². The molecule has 28 heavy (non-hydrogen) atoms. The number of carbonyl (C=O) groups excluding carboxylic acids is 1. The van der Waals surface area contributed by atoms with Gasteiger partial charge in [-0.1, -0.05) is 6.92 Å². The number of piperidine rings is 1. The zero-order chi connectivity index (χ0) is 19.9. The van der Waals surface area contributed by atoms with Gasteiger partial charge in [0.15, 0.2) is 0 Å². The van der Waals surface area contributed by atoms with E-state index in [-0.39, 0.29) is 0 Å². The minimum Gasteiger partial charge on any atom is -0.340 e. The van der Waals surface area contributed by atoms with Crippen molar-refractivity contribution in [2.75, 3.05) is 45.8 Å². The molecule has 5 nitrogen and oxygen atoms in total. The average Bonchev–Trinajstić information content (AvgIpc) is 2.72. The second kappa shape index (κ2) is 10.4. The van der Waals surface area contributed by atoms with Crippen molar-refractivity contribution in [1.29, 1.82) is 0 Å². The maximum Gasteiger partial charge on any atom is 0.222 e. The molecule has 156 valence electrons. The Balaban J connectivity index is 1.35. The third-order valence-electron chi connectivity index (χ3n) is 6.69. The van der Waals surface area contributed by atoms with E-state index >= 15 is 0 Å². The molecule has 0 spiro atoms. The first-order valence-corrected chi connectivity index (χ1v) is 11.2. The minimum atomic E-state index is 0.372. The van der Waals surface area contributed by atoms with Crippen molar-refractivity contribution in [3.63, 3.8) is 0 Å². The largest absolute Gasteiger partial charge is 0.340 e. The Kier molecular flexibility index (Phi) is 7.86. The van der Waals surface area contributed by atoms with Gasteiger partial charge in [0.1, 0.15) is 0 Å². The summed E-state index contributed by atoms with van der Waals surface area (Å²) in [6.07, 6.45) is 7.19. The number of aryl methyl sites for hydroxylation is 1. The molecule has 2 aliphatic rings. The number of amides is 1. The lowest BCUT2D eigenvalue weighted by Crippen LogP contribution is -2.48. The van der Waals surface area contributed by atoms with E-state index < -0.39 is 0 Å². The van der Waals surface area contributed by atoms with Crippen LogP contribution < -0.4 is 0 Å². The molecule has 1 aromatic rings. The molecule has 1 amide bonds. The first-order chi connectivity index (χ1) is 13.5. The zero-order valence-electron chi connectivity index (χ0n) is 18.1. The molecule has 1 atom stereocenters. The molecule has 3 heterocycles. The van der Waals surface area contributed by atoms with Crippen LogP contribution in [-0.4, -0.2) is 77.4 Å². The van der Waals surface area contributed by atoms with Gasteiger partial charge in [0.2, 0.25) is 5.91 Å². The van der Waals surface area contributed by atoms with E-state index in [4.69, 9.17) is 0 Å². The molecule has 2 aliphatic heterocycles. The number of nitrogens with zero attached hydrogens (tertiary/aromatic N) is 4. The topological polar surface area (TPSA) is 39.7 Å². The lowest BCUT2D eigenvalue weighted by Gasteiger charge is -2.37. The fraction of sp³-hybridized carbons (Fsp3) is 0.739. The molecule has 1 aromatic heterocycles. The van der Waals surface area contributed by atoms with Crippen LogP contribution in [0.25, 0.3) is 0 Å². The number of carbonyl (C=O) groups is 1. The van der Waals surface area contributed by atoms with E-state index in [1.807, 2.05) is 6.20 Å². The van der Waals surface area contributed by atoms with Crippen LogP contribution in [0.2, 0.25) is 0 Å². The first kappa shape index (κ1) is 21.3. The predicted molar refractivity (Wildman–Crippen MR) is 114 cm³/mol. The monoisotopic (exact) mass is 386 g/mol. The highest BCUT2D eigenvalue weighted by Crippen LogP contribution is 2.24. The molecule has 0 bridgehead atoms. The van der Waals surface area contributed by atoms with Crippen LogP contribution >= 0.6 is 0 Å². The molecule has 0 aromatic carbocycles. The Bertz CT molecular complexity index is 619. The quantitative estimate of drug-likeness (QED) is 0.722. The summed E-state index contributed by atoms with van der Waals surface area (Å²) in [5.74, 6) is 1.08. The highest BCUT2D eigenvalue weighted by molar-refractivity contribution is 5.76. The Hall–Kier alpha value is -1.46. The Morgan fingerprint density at radius 3 is 2.54 bits per heavy atom. The lowest BCUT2D eigenvalue weighted by atomic mass is 9.91. The second-order valence-corrected chi connectivity index (χ2v) is 8.71. The van der Waals surface area contributed by atoms with Crippen molar-refractivity contribution in [3.8, 4) is 0 Å². The standard InChI is InChI=1S/C23H38N4O/c1-4-25-13-15-27(16-14-25)23(28)6-5-21-8-11-26(12-9-21)20(3)18-22-17-19(2)7-10-24-22/h7,10,17,20-21H,4-6,8-9,11-16,18H2,1-3H3/t20-/m1/s1. The minimum absolute atomic E-state index is 0.372. The number of rotatable bonds is 7. The summed E-state index contributed by atoms with van der Waals surface area (Å²) in [4.78, 5) is 24.2. The van der Waals surface area contributed by atoms with E-state index in [9.17, 15) is 4.79 Å². The van der Waals surface area contributed by atoms with Gasteiger partial charge >= 0.3 is 0 Å². The van der Waals surface area contributed by atoms with Crippen molar-refractivity contribution >= 4 is 5.91 Å². The summed E-state index contributed by atoms with van der Waals surface area (Å²) in [7, 11) is 0. The molecule has 5 heteroatoms. The Morgan fingerprint density at radius 1 is 1.18 bits per heavy atom. The third kappa shape index (κ3) is 6.02. The number of hydrogen-bond donors (Lipinski definition) is 0. The summed E-state index contributed by atoms with van der Waals surface area (Å²) < 4.78 is 0. The smallest absolute Gasteiger partial charge is 0.222 e.